The molecule has 0 fully saturated rings. The summed E-state index contributed by atoms with van der Waals surface area (Å²) in [6, 6.07) is 0. The highest BCUT2D eigenvalue weighted by atomic mass is 31.2. The number of phosphoric ester groups is 2. The first-order valence-electron chi connectivity index (χ1n) is 46.8. The molecule has 0 aromatic heterocycles. The van der Waals surface area contributed by atoms with Gasteiger partial charge in [0.05, 0.1) is 26.4 Å². The Labute approximate surface area is 677 Å². The summed E-state index contributed by atoms with van der Waals surface area (Å²) in [5, 5.41) is 10.7. The Bertz CT molecular complexity index is 2130. The minimum Gasteiger partial charge on any atom is -0.462 e. The number of carbonyl (C=O) groups excluding carboxylic acids is 4. The van der Waals surface area contributed by atoms with Crippen LogP contribution in [0.4, 0.5) is 0 Å². The SMILES string of the molecule is CCC(C)CCCCCCCCCCCCCCCCCCCCC(=O)O[C@H](COC(=O)CCCCCCCCCCCCCCCCCCCCC(C)C)COP(=O)(O)OC[C@@H](O)COP(=O)(O)OC[C@@H](COC(=O)CCCCCCCCCCC(C)CC)OC(=O)CCCCCCCCCCCCCCC(C)C. The fourth-order valence-corrected chi connectivity index (χ4v) is 15.7. The number of esters is 4. The molecule has 0 spiro atoms. The molecular formula is C91H178O17P2. The number of unbranched alkanes of at least 4 members (excludes halogenated alkanes) is 52. The van der Waals surface area contributed by atoms with Gasteiger partial charge in [-0.1, -0.05) is 428 Å². The molecule has 0 bridgehead atoms. The molecule has 0 heterocycles. The van der Waals surface area contributed by atoms with E-state index in [2.05, 4.69) is 55.4 Å². The molecule has 7 atom stereocenters. The third kappa shape index (κ3) is 81.2. The Balaban J connectivity index is 5.24. The second kappa shape index (κ2) is 79.5. The lowest BCUT2D eigenvalue weighted by Crippen LogP contribution is -2.30. The third-order valence-electron chi connectivity index (χ3n) is 22.0. The van der Waals surface area contributed by atoms with Crippen molar-refractivity contribution in [2.24, 2.45) is 23.7 Å². The number of carbonyl (C=O) groups is 4. The molecule has 0 rings (SSSR count). The Kier molecular flexibility index (Phi) is 78.1. The van der Waals surface area contributed by atoms with Crippen molar-refractivity contribution in [3.05, 3.63) is 0 Å². The minimum atomic E-state index is -4.97. The number of hydrogen-bond acceptors (Lipinski definition) is 15. The molecule has 0 saturated carbocycles. The second-order valence-electron chi connectivity index (χ2n) is 34.1. The van der Waals surface area contributed by atoms with Crippen molar-refractivity contribution < 1.29 is 80.2 Å². The predicted molar refractivity (Wildman–Crippen MR) is 455 cm³/mol. The van der Waals surface area contributed by atoms with E-state index in [0.717, 1.165) is 114 Å². The van der Waals surface area contributed by atoms with Crippen LogP contribution in [0.1, 0.15) is 479 Å². The Morgan fingerprint density at radius 1 is 0.255 bits per heavy atom. The summed E-state index contributed by atoms with van der Waals surface area (Å²) in [5.74, 6) is 1.15. The van der Waals surface area contributed by atoms with E-state index in [4.69, 9.17) is 37.0 Å². The van der Waals surface area contributed by atoms with Crippen LogP contribution in [0.5, 0.6) is 0 Å². The summed E-state index contributed by atoms with van der Waals surface area (Å²) < 4.78 is 69.1. The number of ether oxygens (including phenoxy) is 4. The number of aliphatic hydroxyl groups excluding tert-OH is 1. The molecule has 110 heavy (non-hydrogen) atoms. The highest BCUT2D eigenvalue weighted by molar-refractivity contribution is 7.47. The van der Waals surface area contributed by atoms with E-state index in [-0.39, 0.29) is 25.7 Å². The lowest BCUT2D eigenvalue weighted by atomic mass is 9.99. The predicted octanol–water partition coefficient (Wildman–Crippen LogP) is 27.9. The summed E-state index contributed by atoms with van der Waals surface area (Å²) in [5.41, 5.74) is 0. The van der Waals surface area contributed by atoms with Crippen molar-refractivity contribution in [2.45, 2.75) is 497 Å². The molecule has 17 nitrogen and oxygen atoms in total. The van der Waals surface area contributed by atoms with Gasteiger partial charge >= 0.3 is 39.5 Å². The van der Waals surface area contributed by atoms with Crippen LogP contribution in [0.2, 0.25) is 0 Å². The van der Waals surface area contributed by atoms with E-state index in [9.17, 15) is 43.2 Å². The monoisotopic (exact) mass is 1610 g/mol. The Hall–Kier alpha value is -1.94. The Morgan fingerprint density at radius 3 is 0.645 bits per heavy atom. The molecule has 0 aromatic carbocycles. The van der Waals surface area contributed by atoms with Crippen LogP contribution in [0.15, 0.2) is 0 Å². The summed E-state index contributed by atoms with van der Waals surface area (Å²) in [6.07, 6.45) is 70.8. The molecule has 654 valence electrons. The van der Waals surface area contributed by atoms with Gasteiger partial charge in [-0.15, -0.1) is 0 Å². The highest BCUT2D eigenvalue weighted by Crippen LogP contribution is 2.45. The molecule has 0 amide bonds. The largest absolute Gasteiger partial charge is 0.472 e. The standard InChI is InChI=1S/C91H178O17P2/c1-9-83(7)69-61-53-45-37-31-24-20-16-12-14-18-22-26-33-39-49-57-65-73-90(95)107-86(77-101-88(93)71-63-55-47-38-32-25-21-17-13-11-15-19-23-29-35-43-51-59-67-81(3)4)79-105-109(97,98)103-75-85(92)76-104-110(99,100)106-80-87(78-102-89(94)72-64-56-48-42-41-46-54-62-70-84(8)10-2)108-91(96)74-66-58-50-40-34-28-27-30-36-44-52-60-68-82(5)6/h81-87,92H,9-80H2,1-8H3,(H,97,98)(H,99,100)/t83?,84?,85-,86-,87-/m1/s1. The molecule has 0 aliphatic heterocycles. The molecule has 0 radical (unpaired) electrons. The molecule has 0 aliphatic carbocycles. The lowest BCUT2D eigenvalue weighted by molar-refractivity contribution is -0.161. The van der Waals surface area contributed by atoms with E-state index >= 15 is 0 Å². The smallest absolute Gasteiger partial charge is 0.462 e. The minimum absolute atomic E-state index is 0.106. The molecule has 4 unspecified atom stereocenters. The van der Waals surface area contributed by atoms with Crippen LogP contribution in [0, 0.1) is 23.7 Å². The van der Waals surface area contributed by atoms with Gasteiger partial charge in [0.1, 0.15) is 19.3 Å². The van der Waals surface area contributed by atoms with Gasteiger partial charge in [0, 0.05) is 25.7 Å². The van der Waals surface area contributed by atoms with E-state index in [1.54, 1.807) is 0 Å². The van der Waals surface area contributed by atoms with Gasteiger partial charge < -0.3 is 33.8 Å². The summed E-state index contributed by atoms with van der Waals surface area (Å²) in [6.45, 7) is 14.4. The molecule has 0 aliphatic rings. The Morgan fingerprint density at radius 2 is 0.436 bits per heavy atom. The average Bonchev–Trinajstić information content (AvgIpc) is 0.908. The highest BCUT2D eigenvalue weighted by Gasteiger charge is 2.31. The van der Waals surface area contributed by atoms with Crippen LogP contribution in [-0.4, -0.2) is 96.7 Å². The van der Waals surface area contributed by atoms with Crippen molar-refractivity contribution in [2.75, 3.05) is 39.6 Å². The zero-order chi connectivity index (χ0) is 80.9. The first-order valence-corrected chi connectivity index (χ1v) is 49.8. The van der Waals surface area contributed by atoms with Crippen molar-refractivity contribution in [1.29, 1.82) is 0 Å². The van der Waals surface area contributed by atoms with E-state index in [1.807, 2.05) is 0 Å². The quantitative estimate of drug-likeness (QED) is 0.0222. The average molecular weight is 1610 g/mol. The van der Waals surface area contributed by atoms with Gasteiger partial charge in [0.15, 0.2) is 12.2 Å². The number of phosphoric acid groups is 2. The van der Waals surface area contributed by atoms with Crippen molar-refractivity contribution >= 4 is 39.5 Å². The maximum atomic E-state index is 13.2. The van der Waals surface area contributed by atoms with Gasteiger partial charge in [-0.2, -0.15) is 0 Å². The normalized spacial score (nSPS) is 14.3. The fourth-order valence-electron chi connectivity index (χ4n) is 14.1. The van der Waals surface area contributed by atoms with Crippen LogP contribution >= 0.6 is 15.6 Å². The maximum Gasteiger partial charge on any atom is 0.472 e. The second-order valence-corrected chi connectivity index (χ2v) is 37.0. The van der Waals surface area contributed by atoms with Crippen molar-refractivity contribution in [3.63, 3.8) is 0 Å². The number of aliphatic hydroxyl groups is 1. The van der Waals surface area contributed by atoms with E-state index < -0.39 is 97.5 Å². The molecule has 0 aromatic rings. The van der Waals surface area contributed by atoms with Crippen molar-refractivity contribution in [1.82, 2.24) is 0 Å². The lowest BCUT2D eigenvalue weighted by Gasteiger charge is -2.21. The molecule has 3 N–H and O–H groups in total. The van der Waals surface area contributed by atoms with Gasteiger partial charge in [0.25, 0.3) is 0 Å². The zero-order valence-corrected chi connectivity index (χ0v) is 74.7. The van der Waals surface area contributed by atoms with Crippen LogP contribution in [0.25, 0.3) is 0 Å². The summed E-state index contributed by atoms with van der Waals surface area (Å²) >= 11 is 0. The van der Waals surface area contributed by atoms with Gasteiger partial charge in [-0.3, -0.25) is 37.3 Å². The van der Waals surface area contributed by atoms with Gasteiger partial charge in [0.2, 0.25) is 0 Å². The maximum absolute atomic E-state index is 13.2. The van der Waals surface area contributed by atoms with Crippen molar-refractivity contribution in [3.8, 4) is 0 Å². The fraction of sp³-hybridized carbons (Fsp3) is 0.956. The molecule has 0 saturated heterocycles. The van der Waals surface area contributed by atoms with Crippen LogP contribution in [0.3, 0.4) is 0 Å². The van der Waals surface area contributed by atoms with Gasteiger partial charge in [-0.25, -0.2) is 9.13 Å². The molecule has 19 heteroatoms. The first kappa shape index (κ1) is 108. The topological polar surface area (TPSA) is 237 Å². The summed E-state index contributed by atoms with van der Waals surface area (Å²) in [4.78, 5) is 73.4. The number of hydrogen-bond donors (Lipinski definition) is 3. The van der Waals surface area contributed by atoms with Crippen LogP contribution < -0.4 is 0 Å². The van der Waals surface area contributed by atoms with E-state index in [1.165, 1.54) is 283 Å². The third-order valence-corrected chi connectivity index (χ3v) is 23.9. The van der Waals surface area contributed by atoms with Gasteiger partial charge in [-0.05, 0) is 49.4 Å². The summed E-state index contributed by atoms with van der Waals surface area (Å²) in [7, 11) is -9.94. The zero-order valence-electron chi connectivity index (χ0n) is 72.9. The van der Waals surface area contributed by atoms with Crippen LogP contribution in [-0.2, 0) is 65.4 Å². The number of rotatable bonds is 88. The van der Waals surface area contributed by atoms with E-state index in [0.29, 0.717) is 25.7 Å². The first-order chi connectivity index (χ1) is 53.2. The molecular weight excluding hydrogens is 1430 g/mol.